The van der Waals surface area contributed by atoms with Crippen molar-refractivity contribution in [2.75, 3.05) is 5.75 Å². The summed E-state index contributed by atoms with van der Waals surface area (Å²) in [5.74, 6) is 5.70. The topological polar surface area (TPSA) is 43.1 Å². The third kappa shape index (κ3) is 3.67. The molecule has 3 nitrogen and oxygen atoms in total. The van der Waals surface area contributed by atoms with Crippen LogP contribution in [0.4, 0.5) is 18.9 Å². The van der Waals surface area contributed by atoms with Crippen LogP contribution in [-0.4, -0.2) is 10.7 Å². The number of hydrogen-bond donors (Lipinski definition) is 1. The highest BCUT2D eigenvalue weighted by Crippen LogP contribution is 2.36. The lowest BCUT2D eigenvalue weighted by atomic mass is 10.1. The number of benzene rings is 1. The summed E-state index contributed by atoms with van der Waals surface area (Å²) in [6.45, 7) is 0. The first-order valence-electron chi connectivity index (χ1n) is 4.81. The number of hydrogen-bond acceptors (Lipinski definition) is 3. The van der Waals surface area contributed by atoms with Crippen molar-refractivity contribution >= 4 is 18.3 Å². The van der Waals surface area contributed by atoms with Crippen LogP contribution in [0.1, 0.15) is 17.5 Å². The van der Waals surface area contributed by atoms with Crippen LogP contribution < -0.4 is 0 Å². The summed E-state index contributed by atoms with van der Waals surface area (Å²) in [5.41, 5.74) is -2.08. The molecular formula is C11H8F3NO2S. The monoisotopic (exact) mass is 275 g/mol. The zero-order chi connectivity index (χ0) is 13.8. The standard InChI is InChI=1S/C11H8F3NO2S/c12-11(13,14)9-5-4-8(3-1-2-6-18)7-10(9)15(16)17/h4-5,7,18H,2,6H2. The first-order chi connectivity index (χ1) is 8.36. The number of thiol groups is 1. The molecule has 0 saturated heterocycles. The Morgan fingerprint density at radius 1 is 1.39 bits per heavy atom. The second-order valence-corrected chi connectivity index (χ2v) is 3.71. The van der Waals surface area contributed by atoms with Gasteiger partial charge in [0.2, 0.25) is 0 Å². The van der Waals surface area contributed by atoms with Crippen LogP contribution >= 0.6 is 12.6 Å². The minimum absolute atomic E-state index is 0.177. The first-order valence-corrected chi connectivity index (χ1v) is 5.45. The predicted molar refractivity (Wildman–Crippen MR) is 63.4 cm³/mol. The van der Waals surface area contributed by atoms with Crippen molar-refractivity contribution in [3.63, 3.8) is 0 Å². The van der Waals surface area contributed by atoms with E-state index in [4.69, 9.17) is 0 Å². The summed E-state index contributed by atoms with van der Waals surface area (Å²) in [7, 11) is 0. The van der Waals surface area contributed by atoms with Crippen LogP contribution in [0.3, 0.4) is 0 Å². The Morgan fingerprint density at radius 2 is 2.06 bits per heavy atom. The van der Waals surface area contributed by atoms with Crippen LogP contribution in [0.15, 0.2) is 18.2 Å². The number of nitro benzene ring substituents is 1. The van der Waals surface area contributed by atoms with Gasteiger partial charge in [0.15, 0.2) is 0 Å². The average molecular weight is 275 g/mol. The third-order valence-corrected chi connectivity index (χ3v) is 2.19. The number of rotatable bonds is 2. The van der Waals surface area contributed by atoms with E-state index in [-0.39, 0.29) is 5.56 Å². The molecule has 0 aromatic heterocycles. The van der Waals surface area contributed by atoms with E-state index in [9.17, 15) is 23.3 Å². The largest absolute Gasteiger partial charge is 0.422 e. The SMILES string of the molecule is O=[N+]([O-])c1cc(C#CCCS)ccc1C(F)(F)F. The van der Waals surface area contributed by atoms with Crippen molar-refractivity contribution in [3.05, 3.63) is 39.4 Å². The highest BCUT2D eigenvalue weighted by molar-refractivity contribution is 7.80. The summed E-state index contributed by atoms with van der Waals surface area (Å²) in [5, 5.41) is 10.6. The molecule has 0 aliphatic carbocycles. The van der Waals surface area contributed by atoms with Gasteiger partial charge in [-0.25, -0.2) is 0 Å². The summed E-state index contributed by atoms with van der Waals surface area (Å²) in [6, 6.07) is 2.61. The molecule has 0 radical (unpaired) electrons. The lowest BCUT2D eigenvalue weighted by molar-refractivity contribution is -0.388. The Balaban J connectivity index is 3.21. The van der Waals surface area contributed by atoms with Gasteiger partial charge in [-0.05, 0) is 12.1 Å². The Labute approximate surface area is 107 Å². The molecule has 0 atom stereocenters. The lowest BCUT2D eigenvalue weighted by Gasteiger charge is -2.07. The lowest BCUT2D eigenvalue weighted by Crippen LogP contribution is -2.08. The van der Waals surface area contributed by atoms with Gasteiger partial charge in [0.25, 0.3) is 5.69 Å². The van der Waals surface area contributed by atoms with E-state index in [1.807, 2.05) is 0 Å². The van der Waals surface area contributed by atoms with E-state index in [0.29, 0.717) is 18.2 Å². The van der Waals surface area contributed by atoms with Crippen molar-refractivity contribution in [3.8, 4) is 11.8 Å². The molecule has 96 valence electrons. The van der Waals surface area contributed by atoms with Gasteiger partial charge in [0, 0.05) is 23.8 Å². The molecule has 7 heteroatoms. The van der Waals surface area contributed by atoms with E-state index >= 15 is 0 Å². The normalized spacial score (nSPS) is 10.7. The maximum atomic E-state index is 12.5. The molecule has 0 unspecified atom stereocenters. The molecule has 18 heavy (non-hydrogen) atoms. The molecule has 0 bridgehead atoms. The second-order valence-electron chi connectivity index (χ2n) is 3.26. The molecule has 0 N–H and O–H groups in total. The van der Waals surface area contributed by atoms with Gasteiger partial charge in [0.1, 0.15) is 5.56 Å². The first kappa shape index (κ1) is 14.4. The fraction of sp³-hybridized carbons (Fsp3) is 0.273. The quantitative estimate of drug-likeness (QED) is 0.389. The fourth-order valence-corrected chi connectivity index (χ4v) is 1.33. The molecule has 0 heterocycles. The average Bonchev–Trinajstić information content (AvgIpc) is 2.27. The summed E-state index contributed by atoms with van der Waals surface area (Å²) in [6.07, 6.45) is -4.29. The van der Waals surface area contributed by atoms with Gasteiger partial charge in [0.05, 0.1) is 4.92 Å². The summed E-state index contributed by atoms with van der Waals surface area (Å²) in [4.78, 5) is 9.53. The van der Waals surface area contributed by atoms with Gasteiger partial charge in [-0.2, -0.15) is 25.8 Å². The Bertz CT molecular complexity index is 517. The van der Waals surface area contributed by atoms with Crippen LogP contribution in [0.25, 0.3) is 0 Å². The van der Waals surface area contributed by atoms with E-state index in [1.165, 1.54) is 0 Å². The van der Waals surface area contributed by atoms with Crippen molar-refractivity contribution in [2.24, 2.45) is 0 Å². The molecular weight excluding hydrogens is 267 g/mol. The maximum absolute atomic E-state index is 12.5. The van der Waals surface area contributed by atoms with Gasteiger partial charge in [-0.15, -0.1) is 0 Å². The minimum Gasteiger partial charge on any atom is -0.258 e. The van der Waals surface area contributed by atoms with Crippen molar-refractivity contribution in [1.29, 1.82) is 0 Å². The van der Waals surface area contributed by atoms with Crippen molar-refractivity contribution in [2.45, 2.75) is 12.6 Å². The number of nitrogens with zero attached hydrogens (tertiary/aromatic N) is 1. The van der Waals surface area contributed by atoms with Crippen LogP contribution in [0, 0.1) is 22.0 Å². The Kier molecular flexibility index (Phi) is 4.62. The van der Waals surface area contributed by atoms with Crippen LogP contribution in [0.2, 0.25) is 0 Å². The van der Waals surface area contributed by atoms with Gasteiger partial charge >= 0.3 is 6.18 Å². The number of nitro groups is 1. The van der Waals surface area contributed by atoms with Crippen LogP contribution in [0.5, 0.6) is 0 Å². The Hall–Kier alpha value is -1.68. The predicted octanol–water partition coefficient (Wildman–Crippen LogP) is 3.29. The van der Waals surface area contributed by atoms with Gasteiger partial charge in [-0.3, -0.25) is 10.1 Å². The fourth-order valence-electron chi connectivity index (χ4n) is 1.22. The highest BCUT2D eigenvalue weighted by atomic mass is 32.1. The van der Waals surface area contributed by atoms with Gasteiger partial charge < -0.3 is 0 Å². The summed E-state index contributed by atoms with van der Waals surface area (Å²) >= 11 is 3.91. The second kappa shape index (κ2) is 5.78. The zero-order valence-corrected chi connectivity index (χ0v) is 9.89. The molecule has 1 aromatic carbocycles. The highest BCUT2D eigenvalue weighted by Gasteiger charge is 2.38. The smallest absolute Gasteiger partial charge is 0.258 e. The third-order valence-electron chi connectivity index (χ3n) is 1.97. The molecule has 0 spiro atoms. The molecule has 1 rings (SSSR count). The van der Waals surface area contributed by atoms with Crippen molar-refractivity contribution < 1.29 is 18.1 Å². The van der Waals surface area contributed by atoms with Crippen molar-refractivity contribution in [1.82, 2.24) is 0 Å². The van der Waals surface area contributed by atoms with E-state index in [0.717, 1.165) is 12.1 Å². The Morgan fingerprint density at radius 3 is 2.56 bits per heavy atom. The molecule has 0 saturated carbocycles. The molecule has 0 amide bonds. The van der Waals surface area contributed by atoms with E-state index in [2.05, 4.69) is 24.5 Å². The van der Waals surface area contributed by atoms with E-state index in [1.54, 1.807) is 0 Å². The minimum atomic E-state index is -4.75. The molecule has 0 aliphatic heterocycles. The van der Waals surface area contributed by atoms with Gasteiger partial charge in [-0.1, -0.05) is 11.8 Å². The van der Waals surface area contributed by atoms with E-state index < -0.39 is 22.4 Å². The molecule has 0 fully saturated rings. The maximum Gasteiger partial charge on any atom is 0.422 e. The zero-order valence-electron chi connectivity index (χ0n) is 8.99. The van der Waals surface area contributed by atoms with Crippen LogP contribution in [-0.2, 0) is 6.18 Å². The number of halogens is 3. The summed E-state index contributed by atoms with van der Waals surface area (Å²) < 4.78 is 37.5. The molecule has 1 aromatic rings. The number of alkyl halides is 3. The molecule has 0 aliphatic rings.